The maximum atomic E-state index is 13.6. The minimum Gasteiger partial charge on any atom is -0.385 e. The zero-order valence-electron chi connectivity index (χ0n) is 10.8. The Balaban J connectivity index is 1.85. The molecular weight excluding hydrogens is 231 g/mol. The van der Waals surface area contributed by atoms with Crippen molar-refractivity contribution in [2.45, 2.75) is 69.2 Å². The zero-order valence-corrected chi connectivity index (χ0v) is 10.8. The molecule has 2 saturated carbocycles. The number of rotatable bonds is 1. The topological polar surface area (TPSA) is 58.6 Å². The van der Waals surface area contributed by atoms with Gasteiger partial charge in [0.25, 0.3) is 0 Å². The first-order chi connectivity index (χ1) is 8.62. The Hall–Kier alpha value is -0.640. The van der Waals surface area contributed by atoms with E-state index in [9.17, 15) is 9.50 Å². The molecule has 0 aromatic heterocycles. The first kappa shape index (κ1) is 12.4. The Morgan fingerprint density at radius 1 is 1.17 bits per heavy atom. The van der Waals surface area contributed by atoms with Gasteiger partial charge < -0.3 is 10.8 Å². The fourth-order valence-electron chi connectivity index (χ4n) is 4.29. The van der Waals surface area contributed by atoms with Crippen LogP contribution in [0.2, 0.25) is 0 Å². The van der Waals surface area contributed by atoms with Gasteiger partial charge in [-0.15, -0.1) is 0 Å². The van der Waals surface area contributed by atoms with Crippen molar-refractivity contribution >= 4 is 5.84 Å². The first-order valence-corrected chi connectivity index (χ1v) is 7.32. The van der Waals surface area contributed by atoms with Crippen LogP contribution in [0.1, 0.15) is 51.4 Å². The summed E-state index contributed by atoms with van der Waals surface area (Å²) in [5, 5.41) is 11.1. The Morgan fingerprint density at radius 3 is 2.72 bits per heavy atom. The van der Waals surface area contributed by atoms with Crippen LogP contribution in [0, 0.1) is 11.8 Å². The molecular formula is C14H23FN2O. The van der Waals surface area contributed by atoms with Crippen LogP contribution < -0.4 is 5.73 Å². The molecule has 3 rings (SSSR count). The van der Waals surface area contributed by atoms with Gasteiger partial charge in [-0.3, -0.25) is 4.99 Å². The van der Waals surface area contributed by atoms with Crippen molar-refractivity contribution < 1.29 is 9.50 Å². The second-order valence-electron chi connectivity index (χ2n) is 6.26. The van der Waals surface area contributed by atoms with Crippen LogP contribution in [-0.2, 0) is 0 Å². The average molecular weight is 254 g/mol. The lowest BCUT2D eigenvalue weighted by Gasteiger charge is -2.42. The molecule has 0 spiro atoms. The van der Waals surface area contributed by atoms with Gasteiger partial charge in [0.05, 0.1) is 6.04 Å². The van der Waals surface area contributed by atoms with Crippen molar-refractivity contribution in [1.82, 2.24) is 0 Å². The second kappa shape index (κ2) is 4.48. The molecule has 5 unspecified atom stereocenters. The number of hydrogen-bond acceptors (Lipinski definition) is 3. The summed E-state index contributed by atoms with van der Waals surface area (Å²) in [5.41, 5.74) is 5.01. The minimum atomic E-state index is -1.02. The number of nitrogens with two attached hydrogens (primary N) is 1. The highest BCUT2D eigenvalue weighted by atomic mass is 19.1. The van der Waals surface area contributed by atoms with E-state index in [1.807, 2.05) is 0 Å². The zero-order chi connectivity index (χ0) is 12.8. The van der Waals surface area contributed by atoms with E-state index in [-0.39, 0.29) is 17.9 Å². The highest BCUT2D eigenvalue weighted by Crippen LogP contribution is 2.47. The number of halogens is 1. The minimum absolute atomic E-state index is 0.0295. The highest BCUT2D eigenvalue weighted by molar-refractivity contribution is 5.91. The van der Waals surface area contributed by atoms with E-state index in [1.165, 1.54) is 6.42 Å². The van der Waals surface area contributed by atoms with Gasteiger partial charge >= 0.3 is 0 Å². The van der Waals surface area contributed by atoms with Crippen LogP contribution in [0.25, 0.3) is 0 Å². The molecule has 0 bridgehead atoms. The summed E-state index contributed by atoms with van der Waals surface area (Å²) in [6.45, 7) is 0. The number of nitrogens with zero attached hydrogens (tertiary/aromatic N) is 1. The highest BCUT2D eigenvalue weighted by Gasteiger charge is 2.55. The third-order valence-electron chi connectivity index (χ3n) is 5.24. The Bertz CT molecular complexity index is 360. The maximum Gasteiger partial charge on any atom is 0.129 e. The fourth-order valence-corrected chi connectivity index (χ4v) is 4.29. The molecule has 5 atom stereocenters. The Labute approximate surface area is 108 Å². The van der Waals surface area contributed by atoms with Gasteiger partial charge in [-0.05, 0) is 38.0 Å². The molecule has 0 amide bonds. The molecule has 4 heteroatoms. The van der Waals surface area contributed by atoms with Crippen molar-refractivity contribution in [3.05, 3.63) is 0 Å². The van der Waals surface area contributed by atoms with Crippen LogP contribution >= 0.6 is 0 Å². The van der Waals surface area contributed by atoms with Crippen LogP contribution in [0.3, 0.4) is 0 Å². The van der Waals surface area contributed by atoms with Gasteiger partial charge in [0, 0.05) is 5.92 Å². The molecule has 0 aromatic carbocycles. The normalized spacial score (nSPS) is 48.7. The van der Waals surface area contributed by atoms with Crippen LogP contribution in [0.4, 0.5) is 4.39 Å². The summed E-state index contributed by atoms with van der Waals surface area (Å²) in [7, 11) is 0. The van der Waals surface area contributed by atoms with E-state index in [0.717, 1.165) is 32.1 Å². The average Bonchev–Trinajstić information content (AvgIpc) is 2.63. The Kier molecular flexibility index (Phi) is 3.08. The maximum absolute atomic E-state index is 13.6. The molecule has 3 N–H and O–H groups in total. The number of fused-ring (bicyclic) bond motifs is 1. The van der Waals surface area contributed by atoms with E-state index in [2.05, 4.69) is 4.99 Å². The van der Waals surface area contributed by atoms with E-state index in [0.29, 0.717) is 18.7 Å². The SMILES string of the molecule is NC1=NC2CCCCC2C1(O)C1CCCC(F)C1. The number of alkyl halides is 1. The number of hydrogen-bond donors (Lipinski definition) is 2. The summed E-state index contributed by atoms with van der Waals surface area (Å²) in [5.74, 6) is 0.498. The number of aliphatic imine (C=N–C) groups is 1. The van der Waals surface area contributed by atoms with Crippen molar-refractivity contribution in [1.29, 1.82) is 0 Å². The second-order valence-corrected chi connectivity index (χ2v) is 6.26. The molecule has 0 aromatic rings. The third kappa shape index (κ3) is 1.77. The molecule has 102 valence electrons. The molecule has 2 fully saturated rings. The van der Waals surface area contributed by atoms with Crippen LogP contribution in [0.5, 0.6) is 0 Å². The van der Waals surface area contributed by atoms with Crippen LogP contribution in [-0.4, -0.2) is 28.8 Å². The van der Waals surface area contributed by atoms with Gasteiger partial charge in [-0.1, -0.05) is 19.3 Å². The van der Waals surface area contributed by atoms with Gasteiger partial charge in [0.1, 0.15) is 17.6 Å². The van der Waals surface area contributed by atoms with Gasteiger partial charge in [0.2, 0.25) is 0 Å². The lowest BCUT2D eigenvalue weighted by Crippen LogP contribution is -2.55. The van der Waals surface area contributed by atoms with Crippen molar-refractivity contribution in [3.63, 3.8) is 0 Å². The predicted molar refractivity (Wildman–Crippen MR) is 69.2 cm³/mol. The van der Waals surface area contributed by atoms with Gasteiger partial charge in [-0.25, -0.2) is 4.39 Å². The lowest BCUT2D eigenvalue weighted by atomic mass is 9.66. The van der Waals surface area contributed by atoms with Crippen molar-refractivity contribution in [2.75, 3.05) is 0 Å². The molecule has 1 aliphatic heterocycles. The fraction of sp³-hybridized carbons (Fsp3) is 0.929. The molecule has 3 aliphatic rings. The first-order valence-electron chi connectivity index (χ1n) is 7.32. The molecule has 18 heavy (non-hydrogen) atoms. The van der Waals surface area contributed by atoms with E-state index >= 15 is 0 Å². The Morgan fingerprint density at radius 2 is 1.94 bits per heavy atom. The lowest BCUT2D eigenvalue weighted by molar-refractivity contribution is -0.0401. The molecule has 3 nitrogen and oxygen atoms in total. The van der Waals surface area contributed by atoms with E-state index in [4.69, 9.17) is 5.73 Å². The largest absolute Gasteiger partial charge is 0.385 e. The van der Waals surface area contributed by atoms with Crippen molar-refractivity contribution in [3.8, 4) is 0 Å². The molecule has 0 saturated heterocycles. The predicted octanol–water partition coefficient (Wildman–Crippen LogP) is 2.18. The molecule has 1 heterocycles. The van der Waals surface area contributed by atoms with Crippen LogP contribution in [0.15, 0.2) is 4.99 Å². The summed E-state index contributed by atoms with van der Waals surface area (Å²) < 4.78 is 13.6. The number of aliphatic hydroxyl groups is 1. The third-order valence-corrected chi connectivity index (χ3v) is 5.24. The monoisotopic (exact) mass is 254 g/mol. The number of amidine groups is 1. The standard InChI is InChI=1S/C14H23FN2O/c15-10-5-3-4-9(8-10)14(18)11-6-1-2-7-12(11)17-13(14)16/h9-12,18H,1-8H2,(H2,16,17). The summed E-state index contributed by atoms with van der Waals surface area (Å²) in [6, 6.07) is 0.184. The van der Waals surface area contributed by atoms with Gasteiger partial charge in [-0.2, -0.15) is 0 Å². The summed E-state index contributed by atoms with van der Waals surface area (Å²) >= 11 is 0. The van der Waals surface area contributed by atoms with Gasteiger partial charge in [0.15, 0.2) is 0 Å². The summed E-state index contributed by atoms with van der Waals surface area (Å²) in [4.78, 5) is 4.49. The molecule has 0 radical (unpaired) electrons. The van der Waals surface area contributed by atoms with Crippen molar-refractivity contribution in [2.24, 2.45) is 22.6 Å². The summed E-state index contributed by atoms with van der Waals surface area (Å²) in [6.07, 6.45) is 6.38. The molecule has 2 aliphatic carbocycles. The smallest absolute Gasteiger partial charge is 0.129 e. The van der Waals surface area contributed by atoms with E-state index in [1.54, 1.807) is 0 Å². The van der Waals surface area contributed by atoms with E-state index < -0.39 is 11.8 Å². The quantitative estimate of drug-likeness (QED) is 0.753.